The van der Waals surface area contributed by atoms with Crippen molar-refractivity contribution in [3.8, 4) is 11.5 Å². The van der Waals surface area contributed by atoms with E-state index < -0.39 is 17.9 Å². The average molecular weight is 446 g/mol. The SMILES string of the molecule is COc1cc(CSCCO)cc(OC)c1C1=CC=C=C(CC(NC(C)=O)C(=O)O)C=C1. The Bertz CT molecular complexity index is 918. The molecule has 31 heavy (non-hydrogen) atoms. The fourth-order valence-corrected chi connectivity index (χ4v) is 3.76. The van der Waals surface area contributed by atoms with Crippen molar-refractivity contribution in [2.75, 3.05) is 26.6 Å². The summed E-state index contributed by atoms with van der Waals surface area (Å²) in [6, 6.07) is 2.85. The van der Waals surface area contributed by atoms with Crippen LogP contribution in [0.4, 0.5) is 0 Å². The van der Waals surface area contributed by atoms with E-state index in [1.54, 1.807) is 38.1 Å². The molecule has 2 rings (SSSR count). The van der Waals surface area contributed by atoms with Crippen molar-refractivity contribution >= 4 is 29.2 Å². The summed E-state index contributed by atoms with van der Waals surface area (Å²) in [4.78, 5) is 22.7. The number of carbonyl (C=O) groups is 2. The molecule has 7 nitrogen and oxygen atoms in total. The van der Waals surface area contributed by atoms with Crippen LogP contribution in [0.3, 0.4) is 0 Å². The smallest absolute Gasteiger partial charge is 0.326 e. The van der Waals surface area contributed by atoms with Crippen LogP contribution >= 0.6 is 11.8 Å². The minimum Gasteiger partial charge on any atom is -0.496 e. The van der Waals surface area contributed by atoms with Crippen molar-refractivity contribution < 1.29 is 29.3 Å². The van der Waals surface area contributed by atoms with Crippen LogP contribution in [0.25, 0.3) is 5.57 Å². The number of carboxylic acid groups (broad SMARTS) is 1. The van der Waals surface area contributed by atoms with Crippen LogP contribution in [0, 0.1) is 0 Å². The zero-order valence-corrected chi connectivity index (χ0v) is 18.6. The lowest BCUT2D eigenvalue weighted by molar-refractivity contribution is -0.141. The molecule has 1 atom stereocenters. The number of benzene rings is 1. The molecule has 1 aliphatic rings. The number of hydrogen-bond acceptors (Lipinski definition) is 6. The Morgan fingerprint density at radius 2 is 1.87 bits per heavy atom. The Kier molecular flexibility index (Phi) is 9.46. The number of thioether (sulfide) groups is 1. The quantitative estimate of drug-likeness (QED) is 0.355. The Morgan fingerprint density at radius 3 is 2.42 bits per heavy atom. The molecular weight excluding hydrogens is 418 g/mol. The van der Waals surface area contributed by atoms with Crippen LogP contribution in [0.2, 0.25) is 0 Å². The van der Waals surface area contributed by atoms with Crippen LogP contribution in [-0.2, 0) is 15.3 Å². The second-order valence-corrected chi connectivity index (χ2v) is 7.84. The topological polar surface area (TPSA) is 105 Å². The Balaban J connectivity index is 2.29. The van der Waals surface area contributed by atoms with Crippen LogP contribution in [-0.4, -0.2) is 54.7 Å². The normalized spacial score (nSPS) is 13.7. The number of hydrogen-bond donors (Lipinski definition) is 3. The minimum atomic E-state index is -1.10. The number of aliphatic carboxylic acids is 1. The molecule has 0 heterocycles. The molecule has 0 aromatic heterocycles. The third kappa shape index (κ3) is 7.07. The molecule has 166 valence electrons. The maximum absolute atomic E-state index is 11.4. The number of ether oxygens (including phenoxy) is 2. The molecule has 1 aliphatic carbocycles. The highest BCUT2D eigenvalue weighted by Gasteiger charge is 2.20. The predicted octanol–water partition coefficient (Wildman–Crippen LogP) is 2.94. The van der Waals surface area contributed by atoms with Crippen molar-refractivity contribution in [2.45, 2.75) is 25.1 Å². The van der Waals surface area contributed by atoms with Gasteiger partial charge in [-0.2, -0.15) is 11.8 Å². The van der Waals surface area contributed by atoms with Crippen molar-refractivity contribution in [2.24, 2.45) is 0 Å². The van der Waals surface area contributed by atoms with E-state index in [0.717, 1.165) is 16.7 Å². The van der Waals surface area contributed by atoms with Gasteiger partial charge in [-0.05, 0) is 41.0 Å². The van der Waals surface area contributed by atoms with E-state index in [4.69, 9.17) is 14.6 Å². The van der Waals surface area contributed by atoms with Crippen LogP contribution in [0.15, 0.2) is 47.7 Å². The van der Waals surface area contributed by atoms with Gasteiger partial charge < -0.3 is 25.0 Å². The Labute approximate surface area is 186 Å². The zero-order chi connectivity index (χ0) is 22.8. The van der Waals surface area contributed by atoms with E-state index in [0.29, 0.717) is 28.6 Å². The highest BCUT2D eigenvalue weighted by atomic mass is 32.2. The van der Waals surface area contributed by atoms with Crippen molar-refractivity contribution in [3.05, 3.63) is 58.9 Å². The fraction of sp³-hybridized carbons (Fsp3) is 0.348. The van der Waals surface area contributed by atoms with Gasteiger partial charge in [-0.1, -0.05) is 12.2 Å². The number of carbonyl (C=O) groups excluding carboxylic acids is 1. The standard InChI is InChI=1S/C23H27NO6S/c1-15(26)24-19(23(27)28)11-16-5-4-6-18(8-7-16)22-20(29-2)12-17(13-21(22)30-3)14-31-10-9-25/h4,6-8,12-13,19,25H,9-11,14H2,1-3H3,(H,24,26)(H,27,28). The molecule has 0 fully saturated rings. The van der Waals surface area contributed by atoms with E-state index in [1.165, 1.54) is 6.92 Å². The number of amides is 1. The summed E-state index contributed by atoms with van der Waals surface area (Å²) in [6.45, 7) is 1.41. The summed E-state index contributed by atoms with van der Waals surface area (Å²) in [7, 11) is 3.18. The number of rotatable bonds is 11. The van der Waals surface area contributed by atoms with Gasteiger partial charge in [-0.25, -0.2) is 4.79 Å². The highest BCUT2D eigenvalue weighted by Crippen LogP contribution is 2.38. The van der Waals surface area contributed by atoms with E-state index in [2.05, 4.69) is 11.0 Å². The van der Waals surface area contributed by atoms with E-state index in [1.807, 2.05) is 24.3 Å². The van der Waals surface area contributed by atoms with Gasteiger partial charge in [0.15, 0.2) is 0 Å². The molecule has 1 aromatic rings. The molecule has 0 saturated heterocycles. The average Bonchev–Trinajstić information content (AvgIpc) is 2.97. The first-order valence-corrected chi connectivity index (χ1v) is 10.8. The molecule has 0 bridgehead atoms. The highest BCUT2D eigenvalue weighted by molar-refractivity contribution is 7.98. The van der Waals surface area contributed by atoms with E-state index in [-0.39, 0.29) is 13.0 Å². The summed E-state index contributed by atoms with van der Waals surface area (Å²) in [5, 5.41) is 20.8. The third-order valence-corrected chi connectivity index (χ3v) is 5.46. The lowest BCUT2D eigenvalue weighted by atomic mass is 9.99. The Morgan fingerprint density at radius 1 is 1.19 bits per heavy atom. The molecule has 3 N–H and O–H groups in total. The summed E-state index contributed by atoms with van der Waals surface area (Å²) >= 11 is 1.61. The molecule has 1 aromatic carbocycles. The summed E-state index contributed by atoms with van der Waals surface area (Å²) < 4.78 is 11.2. The van der Waals surface area contributed by atoms with Gasteiger partial charge in [0.2, 0.25) is 5.91 Å². The maximum atomic E-state index is 11.4. The predicted molar refractivity (Wildman–Crippen MR) is 121 cm³/mol. The van der Waals surface area contributed by atoms with Gasteiger partial charge in [0.1, 0.15) is 17.5 Å². The number of allylic oxidation sites excluding steroid dienone is 4. The summed E-state index contributed by atoms with van der Waals surface area (Å²) in [6.07, 6.45) is 7.29. The van der Waals surface area contributed by atoms with Gasteiger partial charge in [-0.3, -0.25) is 4.79 Å². The van der Waals surface area contributed by atoms with Gasteiger partial charge in [0, 0.05) is 24.9 Å². The number of aliphatic hydroxyl groups excluding tert-OH is 1. The van der Waals surface area contributed by atoms with Gasteiger partial charge in [0.25, 0.3) is 0 Å². The van der Waals surface area contributed by atoms with Gasteiger partial charge >= 0.3 is 5.97 Å². The van der Waals surface area contributed by atoms with Crippen molar-refractivity contribution in [1.82, 2.24) is 5.32 Å². The van der Waals surface area contributed by atoms with E-state index in [9.17, 15) is 14.7 Å². The first-order chi connectivity index (χ1) is 14.9. The maximum Gasteiger partial charge on any atom is 0.326 e. The van der Waals surface area contributed by atoms with Gasteiger partial charge in [0.05, 0.1) is 26.4 Å². The molecule has 1 amide bonds. The zero-order valence-electron chi connectivity index (χ0n) is 17.8. The molecule has 0 radical (unpaired) electrons. The number of nitrogens with one attached hydrogen (secondary N) is 1. The second kappa shape index (κ2) is 12.1. The largest absolute Gasteiger partial charge is 0.496 e. The van der Waals surface area contributed by atoms with Crippen LogP contribution in [0.1, 0.15) is 24.5 Å². The third-order valence-electron chi connectivity index (χ3n) is 4.45. The number of methoxy groups -OCH3 is 2. The molecule has 0 spiro atoms. The van der Waals surface area contributed by atoms with Crippen LogP contribution in [0.5, 0.6) is 11.5 Å². The minimum absolute atomic E-state index is 0.109. The monoisotopic (exact) mass is 445 g/mol. The van der Waals surface area contributed by atoms with Crippen LogP contribution < -0.4 is 14.8 Å². The number of carboxylic acids is 1. The van der Waals surface area contributed by atoms with Crippen molar-refractivity contribution in [3.63, 3.8) is 0 Å². The molecular formula is C23H27NO6S. The first-order valence-electron chi connectivity index (χ1n) is 9.67. The summed E-state index contributed by atoms with van der Waals surface area (Å²) in [5.41, 5.74) is 6.31. The summed E-state index contributed by atoms with van der Waals surface area (Å²) in [5.74, 6) is 1.15. The molecule has 8 heteroatoms. The second-order valence-electron chi connectivity index (χ2n) is 6.74. The molecule has 1 unspecified atom stereocenters. The molecule has 0 saturated carbocycles. The van der Waals surface area contributed by atoms with Gasteiger partial charge in [-0.15, -0.1) is 5.73 Å². The Hall–Kier alpha value is -2.93. The lowest BCUT2D eigenvalue weighted by Crippen LogP contribution is -2.39. The lowest BCUT2D eigenvalue weighted by Gasteiger charge is -2.16. The fourth-order valence-electron chi connectivity index (χ4n) is 3.08. The van der Waals surface area contributed by atoms with Crippen molar-refractivity contribution in [1.29, 1.82) is 0 Å². The van der Waals surface area contributed by atoms with E-state index >= 15 is 0 Å². The molecule has 0 aliphatic heterocycles. The first kappa shape index (κ1) is 24.3. The number of aliphatic hydroxyl groups is 1.